The zero-order valence-electron chi connectivity index (χ0n) is 9.87. The smallest absolute Gasteiger partial charge is 0.228 e. The predicted octanol–water partition coefficient (Wildman–Crippen LogP) is 3.52. The lowest BCUT2D eigenvalue weighted by atomic mass is 10.0. The van der Waals surface area contributed by atoms with Crippen LogP contribution in [0, 0.1) is 0 Å². The molecular weight excluding hydrogens is 244 g/mol. The molecule has 4 heteroatoms. The van der Waals surface area contributed by atoms with Crippen LogP contribution in [0.2, 0.25) is 0 Å². The fourth-order valence-electron chi connectivity index (χ4n) is 1.91. The summed E-state index contributed by atoms with van der Waals surface area (Å²) in [4.78, 5) is 12.2. The summed E-state index contributed by atoms with van der Waals surface area (Å²) in [6.07, 6.45) is 7.90. The van der Waals surface area contributed by atoms with Crippen LogP contribution >= 0.6 is 0 Å². The third-order valence-electron chi connectivity index (χ3n) is 2.82. The highest BCUT2D eigenvalue weighted by Gasteiger charge is 2.23. The van der Waals surface area contributed by atoms with E-state index in [1.54, 1.807) is 42.5 Å². The van der Waals surface area contributed by atoms with E-state index in [0.717, 1.165) is 0 Å². The van der Waals surface area contributed by atoms with Gasteiger partial charge in [0.2, 0.25) is 5.78 Å². The van der Waals surface area contributed by atoms with E-state index in [4.69, 9.17) is 8.83 Å². The monoisotopic (exact) mass is 254 g/mol. The normalized spacial score (nSPS) is 16.5. The molecule has 19 heavy (non-hydrogen) atoms. The molecular formula is C15H10O4. The second-order valence-electron chi connectivity index (χ2n) is 3.99. The number of hydrogen-bond donors (Lipinski definition) is 1. The van der Waals surface area contributed by atoms with Crippen molar-refractivity contribution in [1.29, 1.82) is 0 Å². The molecule has 0 atom stereocenters. The molecule has 4 nitrogen and oxygen atoms in total. The minimum atomic E-state index is -0.275. The van der Waals surface area contributed by atoms with E-state index in [2.05, 4.69) is 0 Å². The Kier molecular flexibility index (Phi) is 2.68. The van der Waals surface area contributed by atoms with Crippen molar-refractivity contribution in [3.8, 4) is 0 Å². The van der Waals surface area contributed by atoms with E-state index in [-0.39, 0.29) is 17.3 Å². The molecule has 0 unspecified atom stereocenters. The van der Waals surface area contributed by atoms with E-state index in [1.165, 1.54) is 12.5 Å². The third-order valence-corrected chi connectivity index (χ3v) is 2.82. The number of hydrogen-bond acceptors (Lipinski definition) is 4. The van der Waals surface area contributed by atoms with Gasteiger partial charge >= 0.3 is 0 Å². The van der Waals surface area contributed by atoms with Crippen molar-refractivity contribution in [2.24, 2.45) is 0 Å². The second-order valence-corrected chi connectivity index (χ2v) is 3.99. The van der Waals surface area contributed by atoms with Crippen molar-refractivity contribution in [3.63, 3.8) is 0 Å². The van der Waals surface area contributed by atoms with Crippen LogP contribution in [0.15, 0.2) is 75.0 Å². The number of Topliss-reactive ketones (excluding diaryl/α,β-unsaturated/α-hetero) is 1. The first-order valence-electron chi connectivity index (χ1n) is 5.71. The predicted molar refractivity (Wildman–Crippen MR) is 68.5 cm³/mol. The lowest BCUT2D eigenvalue weighted by Crippen LogP contribution is -2.03. The molecule has 0 amide bonds. The van der Waals surface area contributed by atoms with Crippen molar-refractivity contribution in [3.05, 3.63) is 77.7 Å². The maximum atomic E-state index is 12.2. The summed E-state index contributed by atoms with van der Waals surface area (Å²) < 4.78 is 10.2. The van der Waals surface area contributed by atoms with Crippen LogP contribution in [-0.2, 0) is 0 Å². The fraction of sp³-hybridized carbons (Fsp3) is 0. The van der Waals surface area contributed by atoms with Gasteiger partial charge in [-0.2, -0.15) is 0 Å². The summed E-state index contributed by atoms with van der Waals surface area (Å²) in [5.41, 5.74) is 0.806. The Morgan fingerprint density at radius 3 is 2.37 bits per heavy atom. The van der Waals surface area contributed by atoms with Crippen LogP contribution in [-0.4, -0.2) is 10.9 Å². The topological polar surface area (TPSA) is 63.6 Å². The van der Waals surface area contributed by atoms with Crippen molar-refractivity contribution in [2.75, 3.05) is 0 Å². The Labute approximate surface area is 109 Å². The van der Waals surface area contributed by atoms with Gasteiger partial charge in [-0.25, -0.2) is 0 Å². The Bertz CT molecular complexity index is 683. The van der Waals surface area contributed by atoms with Crippen molar-refractivity contribution in [1.82, 2.24) is 0 Å². The van der Waals surface area contributed by atoms with Crippen molar-refractivity contribution < 1.29 is 18.7 Å². The highest BCUT2D eigenvalue weighted by atomic mass is 16.4. The van der Waals surface area contributed by atoms with Gasteiger partial charge < -0.3 is 13.9 Å². The van der Waals surface area contributed by atoms with Crippen molar-refractivity contribution in [2.45, 2.75) is 0 Å². The maximum absolute atomic E-state index is 12.2. The first-order valence-corrected chi connectivity index (χ1v) is 5.71. The number of carbonyl (C=O) groups is 1. The minimum absolute atomic E-state index is 0.0649. The summed E-state index contributed by atoms with van der Waals surface area (Å²) in [7, 11) is 0. The van der Waals surface area contributed by atoms with Crippen LogP contribution in [0.4, 0.5) is 0 Å². The Hall–Kier alpha value is -2.75. The molecule has 0 saturated heterocycles. The summed E-state index contributed by atoms with van der Waals surface area (Å²) in [6.45, 7) is 0. The lowest BCUT2D eigenvalue weighted by Gasteiger charge is -2.04. The van der Waals surface area contributed by atoms with Gasteiger partial charge in [0.15, 0.2) is 17.3 Å². The highest BCUT2D eigenvalue weighted by molar-refractivity contribution is 6.12. The molecule has 1 aliphatic carbocycles. The van der Waals surface area contributed by atoms with Gasteiger partial charge in [-0.15, -0.1) is 0 Å². The molecule has 0 radical (unpaired) electrons. The molecule has 2 aromatic heterocycles. The molecule has 2 heterocycles. The number of furan rings is 2. The quantitative estimate of drug-likeness (QED) is 0.672. The van der Waals surface area contributed by atoms with Crippen LogP contribution in [0.1, 0.15) is 16.3 Å². The maximum Gasteiger partial charge on any atom is 0.228 e. The molecule has 0 aromatic carbocycles. The van der Waals surface area contributed by atoms with E-state index in [9.17, 15) is 9.90 Å². The van der Waals surface area contributed by atoms with Gasteiger partial charge in [-0.05, 0) is 24.3 Å². The number of aliphatic hydroxyl groups excluding tert-OH is 1. The number of ketones is 1. The minimum Gasteiger partial charge on any atom is -0.504 e. The van der Waals surface area contributed by atoms with E-state index < -0.39 is 0 Å². The zero-order chi connectivity index (χ0) is 13.2. The summed E-state index contributed by atoms with van der Waals surface area (Å²) in [5, 5.41) is 10.1. The third kappa shape index (κ3) is 1.93. The molecule has 0 spiro atoms. The Morgan fingerprint density at radius 2 is 1.74 bits per heavy atom. The van der Waals surface area contributed by atoms with Gasteiger partial charge in [-0.3, -0.25) is 4.79 Å². The largest absolute Gasteiger partial charge is 0.504 e. The van der Waals surface area contributed by atoms with E-state index in [1.807, 2.05) is 0 Å². The molecule has 0 aliphatic heterocycles. The average Bonchev–Trinajstić information content (AvgIpc) is 3.16. The second kappa shape index (κ2) is 4.49. The number of aliphatic hydroxyl groups is 1. The van der Waals surface area contributed by atoms with Crippen LogP contribution < -0.4 is 0 Å². The molecule has 94 valence electrons. The van der Waals surface area contributed by atoms with Crippen LogP contribution in [0.25, 0.3) is 5.76 Å². The molecule has 1 aliphatic rings. The van der Waals surface area contributed by atoms with E-state index in [0.29, 0.717) is 16.9 Å². The Morgan fingerprint density at radius 1 is 1.05 bits per heavy atom. The Balaban J connectivity index is 2.00. The lowest BCUT2D eigenvalue weighted by molar-refractivity contribution is 0.101. The molecule has 2 aromatic rings. The summed E-state index contributed by atoms with van der Waals surface area (Å²) in [6, 6.07) is 6.53. The highest BCUT2D eigenvalue weighted by Crippen LogP contribution is 2.29. The van der Waals surface area contributed by atoms with Crippen LogP contribution in [0.3, 0.4) is 0 Å². The fourth-order valence-corrected chi connectivity index (χ4v) is 1.91. The van der Waals surface area contributed by atoms with Gasteiger partial charge in [0.05, 0.1) is 12.5 Å². The zero-order valence-corrected chi connectivity index (χ0v) is 9.87. The molecule has 0 bridgehead atoms. The van der Waals surface area contributed by atoms with Crippen LogP contribution in [0.5, 0.6) is 0 Å². The summed E-state index contributed by atoms with van der Waals surface area (Å²) >= 11 is 0. The SMILES string of the molecule is O=C(C1=CC=CC1=C(O)c1ccco1)c1ccco1. The first-order chi connectivity index (χ1) is 9.27. The van der Waals surface area contributed by atoms with Crippen molar-refractivity contribution >= 4 is 11.5 Å². The van der Waals surface area contributed by atoms with Gasteiger partial charge in [0.1, 0.15) is 0 Å². The average molecular weight is 254 g/mol. The molecule has 3 rings (SSSR count). The van der Waals surface area contributed by atoms with Gasteiger partial charge in [0.25, 0.3) is 0 Å². The summed E-state index contributed by atoms with van der Waals surface area (Å²) in [5.74, 6) is 0.215. The number of rotatable bonds is 3. The standard InChI is InChI=1S/C15H10O4/c16-14(12-6-2-8-18-12)10-4-1-5-11(10)15(17)13-7-3-9-19-13/h1-9,16H. The van der Waals surface area contributed by atoms with Gasteiger partial charge in [-0.1, -0.05) is 18.2 Å². The first kappa shape index (κ1) is 11.3. The molecule has 0 saturated carbocycles. The van der Waals surface area contributed by atoms with E-state index >= 15 is 0 Å². The molecule has 0 fully saturated rings. The number of carbonyl (C=O) groups excluding carboxylic acids is 1. The molecule has 1 N–H and O–H groups in total. The number of allylic oxidation sites excluding steroid dienone is 5. The van der Waals surface area contributed by atoms with Gasteiger partial charge in [0, 0.05) is 11.1 Å².